The van der Waals surface area contributed by atoms with Gasteiger partial charge in [-0.15, -0.1) is 11.6 Å². The molecule has 0 aliphatic heterocycles. The first-order valence-electron chi connectivity index (χ1n) is 4.80. The SMILES string of the molecule is CC(=O)N(CCCl)Cc1ccccc1N. The van der Waals surface area contributed by atoms with Crippen molar-refractivity contribution in [2.45, 2.75) is 13.5 Å². The van der Waals surface area contributed by atoms with Gasteiger partial charge in [-0.3, -0.25) is 4.79 Å². The molecule has 0 unspecified atom stereocenters. The Labute approximate surface area is 94.8 Å². The van der Waals surface area contributed by atoms with E-state index in [2.05, 4.69) is 0 Å². The van der Waals surface area contributed by atoms with Gasteiger partial charge in [-0.2, -0.15) is 0 Å². The van der Waals surface area contributed by atoms with Gasteiger partial charge in [-0.1, -0.05) is 18.2 Å². The van der Waals surface area contributed by atoms with E-state index >= 15 is 0 Å². The Morgan fingerprint density at radius 1 is 1.47 bits per heavy atom. The first-order chi connectivity index (χ1) is 7.15. The number of nitrogen functional groups attached to an aromatic ring is 1. The minimum atomic E-state index is 0.0129. The molecular weight excluding hydrogens is 212 g/mol. The lowest BCUT2D eigenvalue weighted by molar-refractivity contribution is -0.129. The van der Waals surface area contributed by atoms with Crippen LogP contribution in [0.15, 0.2) is 24.3 Å². The van der Waals surface area contributed by atoms with E-state index in [4.69, 9.17) is 17.3 Å². The molecule has 1 amide bonds. The minimum absolute atomic E-state index is 0.0129. The van der Waals surface area contributed by atoms with Crippen LogP contribution in [-0.2, 0) is 11.3 Å². The van der Waals surface area contributed by atoms with Crippen molar-refractivity contribution >= 4 is 23.2 Å². The zero-order chi connectivity index (χ0) is 11.3. The largest absolute Gasteiger partial charge is 0.398 e. The van der Waals surface area contributed by atoms with Gasteiger partial charge in [0, 0.05) is 31.6 Å². The van der Waals surface area contributed by atoms with Crippen molar-refractivity contribution in [3.63, 3.8) is 0 Å². The van der Waals surface area contributed by atoms with Gasteiger partial charge in [0.25, 0.3) is 0 Å². The van der Waals surface area contributed by atoms with Crippen molar-refractivity contribution in [1.82, 2.24) is 4.90 Å². The molecule has 0 aliphatic carbocycles. The van der Waals surface area contributed by atoms with Gasteiger partial charge in [0.1, 0.15) is 0 Å². The van der Waals surface area contributed by atoms with Gasteiger partial charge in [-0.25, -0.2) is 0 Å². The predicted molar refractivity (Wildman–Crippen MR) is 62.7 cm³/mol. The highest BCUT2D eigenvalue weighted by atomic mass is 35.5. The van der Waals surface area contributed by atoms with Crippen LogP contribution in [0.5, 0.6) is 0 Å². The molecular formula is C11H15ClN2O. The Balaban J connectivity index is 2.74. The Morgan fingerprint density at radius 2 is 2.13 bits per heavy atom. The van der Waals surface area contributed by atoms with Gasteiger partial charge >= 0.3 is 0 Å². The number of hydrogen-bond donors (Lipinski definition) is 1. The Hall–Kier alpha value is -1.22. The number of nitrogens with zero attached hydrogens (tertiary/aromatic N) is 1. The lowest BCUT2D eigenvalue weighted by Crippen LogP contribution is -2.30. The van der Waals surface area contributed by atoms with E-state index in [1.54, 1.807) is 4.90 Å². The average molecular weight is 227 g/mol. The highest BCUT2D eigenvalue weighted by molar-refractivity contribution is 6.18. The van der Waals surface area contributed by atoms with E-state index in [9.17, 15) is 4.79 Å². The van der Waals surface area contributed by atoms with Crippen LogP contribution in [0.3, 0.4) is 0 Å². The van der Waals surface area contributed by atoms with Crippen LogP contribution in [-0.4, -0.2) is 23.2 Å². The molecule has 0 aliphatic rings. The van der Waals surface area contributed by atoms with Crippen molar-refractivity contribution in [3.05, 3.63) is 29.8 Å². The van der Waals surface area contributed by atoms with Crippen molar-refractivity contribution < 1.29 is 4.79 Å². The van der Waals surface area contributed by atoms with Crippen LogP contribution in [0.2, 0.25) is 0 Å². The Morgan fingerprint density at radius 3 is 2.67 bits per heavy atom. The van der Waals surface area contributed by atoms with Crippen molar-refractivity contribution in [3.8, 4) is 0 Å². The molecule has 0 heterocycles. The predicted octanol–water partition coefficient (Wildman–Crippen LogP) is 1.86. The molecule has 82 valence electrons. The normalized spacial score (nSPS) is 10.0. The number of alkyl halides is 1. The lowest BCUT2D eigenvalue weighted by atomic mass is 10.1. The maximum atomic E-state index is 11.3. The molecule has 0 saturated carbocycles. The molecule has 0 saturated heterocycles. The van der Waals surface area contributed by atoms with Crippen LogP contribution < -0.4 is 5.73 Å². The summed E-state index contributed by atoms with van der Waals surface area (Å²) in [6.07, 6.45) is 0. The number of amides is 1. The van der Waals surface area contributed by atoms with Gasteiger partial charge in [0.2, 0.25) is 5.91 Å². The van der Waals surface area contributed by atoms with E-state index in [1.807, 2.05) is 24.3 Å². The summed E-state index contributed by atoms with van der Waals surface area (Å²) in [5, 5.41) is 0. The molecule has 3 nitrogen and oxygen atoms in total. The number of benzene rings is 1. The van der Waals surface area contributed by atoms with Crippen molar-refractivity contribution in [2.24, 2.45) is 0 Å². The molecule has 0 atom stereocenters. The molecule has 4 heteroatoms. The number of carbonyl (C=O) groups is 1. The number of para-hydroxylation sites is 1. The van der Waals surface area contributed by atoms with Crippen molar-refractivity contribution in [2.75, 3.05) is 18.2 Å². The summed E-state index contributed by atoms with van der Waals surface area (Å²) >= 11 is 5.62. The zero-order valence-corrected chi connectivity index (χ0v) is 9.50. The number of anilines is 1. The Kier molecular flexibility index (Phi) is 4.43. The number of rotatable bonds is 4. The zero-order valence-electron chi connectivity index (χ0n) is 8.74. The van der Waals surface area contributed by atoms with E-state index in [0.717, 1.165) is 5.56 Å². The number of nitrogens with two attached hydrogens (primary N) is 1. The molecule has 0 radical (unpaired) electrons. The molecule has 1 aromatic carbocycles. The summed E-state index contributed by atoms with van der Waals surface area (Å²) in [5.74, 6) is 0.450. The van der Waals surface area contributed by atoms with Gasteiger partial charge < -0.3 is 10.6 Å². The smallest absolute Gasteiger partial charge is 0.219 e. The quantitative estimate of drug-likeness (QED) is 0.629. The molecule has 0 spiro atoms. The minimum Gasteiger partial charge on any atom is -0.398 e. The highest BCUT2D eigenvalue weighted by Crippen LogP contribution is 2.13. The number of halogens is 1. The second-order valence-electron chi connectivity index (χ2n) is 3.33. The first-order valence-corrected chi connectivity index (χ1v) is 5.33. The van der Waals surface area contributed by atoms with E-state index in [0.29, 0.717) is 24.7 Å². The lowest BCUT2D eigenvalue weighted by Gasteiger charge is -2.20. The molecule has 0 fully saturated rings. The monoisotopic (exact) mass is 226 g/mol. The second-order valence-corrected chi connectivity index (χ2v) is 3.71. The van der Waals surface area contributed by atoms with Gasteiger partial charge in [0.15, 0.2) is 0 Å². The fourth-order valence-electron chi connectivity index (χ4n) is 1.33. The van der Waals surface area contributed by atoms with E-state index < -0.39 is 0 Å². The third-order valence-corrected chi connectivity index (χ3v) is 2.39. The highest BCUT2D eigenvalue weighted by Gasteiger charge is 2.09. The third-order valence-electron chi connectivity index (χ3n) is 2.22. The Bertz CT molecular complexity index is 341. The molecule has 0 bridgehead atoms. The average Bonchev–Trinajstić information content (AvgIpc) is 2.20. The maximum Gasteiger partial charge on any atom is 0.219 e. The second kappa shape index (κ2) is 5.61. The molecule has 0 aromatic heterocycles. The van der Waals surface area contributed by atoms with E-state index in [-0.39, 0.29) is 5.91 Å². The summed E-state index contributed by atoms with van der Waals surface area (Å²) in [4.78, 5) is 13.0. The van der Waals surface area contributed by atoms with Crippen LogP contribution in [0.1, 0.15) is 12.5 Å². The van der Waals surface area contributed by atoms with Crippen LogP contribution in [0.4, 0.5) is 5.69 Å². The fraction of sp³-hybridized carbons (Fsp3) is 0.364. The number of hydrogen-bond acceptors (Lipinski definition) is 2. The molecule has 1 rings (SSSR count). The van der Waals surface area contributed by atoms with Gasteiger partial charge in [-0.05, 0) is 11.6 Å². The summed E-state index contributed by atoms with van der Waals surface area (Å²) in [7, 11) is 0. The van der Waals surface area contributed by atoms with Crippen LogP contribution in [0.25, 0.3) is 0 Å². The summed E-state index contributed by atoms with van der Waals surface area (Å²) in [5.41, 5.74) is 7.46. The van der Waals surface area contributed by atoms with Crippen LogP contribution >= 0.6 is 11.6 Å². The molecule has 2 N–H and O–H groups in total. The number of carbonyl (C=O) groups excluding carboxylic acids is 1. The topological polar surface area (TPSA) is 46.3 Å². The van der Waals surface area contributed by atoms with E-state index in [1.165, 1.54) is 6.92 Å². The van der Waals surface area contributed by atoms with Gasteiger partial charge in [0.05, 0.1) is 0 Å². The first kappa shape index (κ1) is 11.9. The molecule has 15 heavy (non-hydrogen) atoms. The summed E-state index contributed by atoms with van der Waals surface area (Å²) in [6.45, 7) is 2.60. The standard InChI is InChI=1S/C11H15ClN2O/c1-9(15)14(7-6-12)8-10-4-2-3-5-11(10)13/h2-5H,6-8,13H2,1H3. The van der Waals surface area contributed by atoms with Crippen LogP contribution in [0, 0.1) is 0 Å². The summed E-state index contributed by atoms with van der Waals surface area (Å²) in [6, 6.07) is 7.52. The molecule has 1 aromatic rings. The third kappa shape index (κ3) is 3.44. The van der Waals surface area contributed by atoms with Crippen molar-refractivity contribution in [1.29, 1.82) is 0 Å². The summed E-state index contributed by atoms with van der Waals surface area (Å²) < 4.78 is 0. The fourth-order valence-corrected chi connectivity index (χ4v) is 1.54. The maximum absolute atomic E-state index is 11.3.